The van der Waals surface area contributed by atoms with Crippen LogP contribution in [0.2, 0.25) is 0 Å². The van der Waals surface area contributed by atoms with Gasteiger partial charge in [0, 0.05) is 18.8 Å². The van der Waals surface area contributed by atoms with Crippen LogP contribution in [0.3, 0.4) is 0 Å². The molecule has 1 aliphatic rings. The quantitative estimate of drug-likeness (QED) is 0.876. The molecule has 0 saturated carbocycles. The normalized spacial score (nSPS) is 18.4. The number of carbonyl (C=O) groups is 1. The number of hydrogen-bond donors (Lipinski definition) is 1. The highest BCUT2D eigenvalue weighted by molar-refractivity contribution is 7.99. The fraction of sp³-hybridized carbons (Fsp3) is 0.467. The lowest BCUT2D eigenvalue weighted by atomic mass is 10.0. The molecule has 7 heteroatoms. The number of rotatable bonds is 4. The summed E-state index contributed by atoms with van der Waals surface area (Å²) in [5, 5.41) is 7.59. The van der Waals surface area contributed by atoms with Crippen molar-refractivity contribution in [3.8, 4) is 11.5 Å². The van der Waals surface area contributed by atoms with E-state index in [4.69, 9.17) is 0 Å². The van der Waals surface area contributed by atoms with Crippen LogP contribution in [-0.4, -0.2) is 49.3 Å². The maximum Gasteiger partial charge on any atom is 0.233 e. The van der Waals surface area contributed by atoms with E-state index >= 15 is 0 Å². The molecule has 2 aromatic rings. The number of aromatic amines is 1. The van der Waals surface area contributed by atoms with Crippen LogP contribution in [-0.2, 0) is 4.79 Å². The average Bonchev–Trinajstić information content (AvgIpc) is 3.03. The Balaban J connectivity index is 1.58. The second-order valence-corrected chi connectivity index (χ2v) is 6.34. The topological polar surface area (TPSA) is 74.8 Å². The molecule has 0 radical (unpaired) electrons. The predicted octanol–water partition coefficient (Wildman–Crippen LogP) is 2.36. The van der Waals surface area contributed by atoms with Gasteiger partial charge >= 0.3 is 0 Å². The van der Waals surface area contributed by atoms with Crippen molar-refractivity contribution in [2.75, 3.05) is 12.3 Å². The highest BCUT2D eigenvalue weighted by Crippen LogP contribution is 2.21. The summed E-state index contributed by atoms with van der Waals surface area (Å²) in [6.07, 6.45) is 5.13. The molecule has 1 unspecified atom stereocenters. The van der Waals surface area contributed by atoms with Crippen molar-refractivity contribution in [1.29, 1.82) is 0 Å². The number of nitrogens with one attached hydrogen (secondary N) is 1. The van der Waals surface area contributed by atoms with Gasteiger partial charge in [0.25, 0.3) is 0 Å². The molecule has 3 heterocycles. The third-order valence-electron chi connectivity index (χ3n) is 3.82. The highest BCUT2D eigenvalue weighted by Gasteiger charge is 2.23. The van der Waals surface area contributed by atoms with Crippen LogP contribution in [0, 0.1) is 0 Å². The molecule has 22 heavy (non-hydrogen) atoms. The van der Waals surface area contributed by atoms with Crippen LogP contribution in [0.5, 0.6) is 0 Å². The predicted molar refractivity (Wildman–Crippen MR) is 85.4 cm³/mol. The lowest BCUT2D eigenvalue weighted by molar-refractivity contribution is -0.131. The minimum atomic E-state index is 0.168. The zero-order valence-electron chi connectivity index (χ0n) is 12.5. The van der Waals surface area contributed by atoms with Gasteiger partial charge in [-0.25, -0.2) is 0 Å². The summed E-state index contributed by atoms with van der Waals surface area (Å²) in [6.45, 7) is 2.99. The van der Waals surface area contributed by atoms with Gasteiger partial charge < -0.3 is 4.90 Å². The molecular formula is C15H19N5OS. The summed E-state index contributed by atoms with van der Waals surface area (Å²) in [7, 11) is 0. The van der Waals surface area contributed by atoms with Crippen molar-refractivity contribution in [2.45, 2.75) is 37.4 Å². The molecule has 0 bridgehead atoms. The Bertz CT molecular complexity index is 630. The molecule has 1 saturated heterocycles. The van der Waals surface area contributed by atoms with Crippen molar-refractivity contribution in [2.24, 2.45) is 0 Å². The SMILES string of the molecule is CC1CCCCN1C(=O)CSc1n[nH]c(-c2ccccn2)n1. The summed E-state index contributed by atoms with van der Waals surface area (Å²) in [6, 6.07) is 5.97. The van der Waals surface area contributed by atoms with E-state index in [1.165, 1.54) is 18.2 Å². The second kappa shape index (κ2) is 6.91. The zero-order valence-corrected chi connectivity index (χ0v) is 13.3. The fourth-order valence-corrected chi connectivity index (χ4v) is 3.29. The zero-order chi connectivity index (χ0) is 15.4. The fourth-order valence-electron chi connectivity index (χ4n) is 2.61. The summed E-state index contributed by atoms with van der Waals surface area (Å²) >= 11 is 1.37. The molecule has 0 aliphatic carbocycles. The molecule has 0 spiro atoms. The van der Waals surface area contributed by atoms with E-state index < -0.39 is 0 Å². The van der Waals surface area contributed by atoms with Gasteiger partial charge in [0.15, 0.2) is 5.82 Å². The van der Waals surface area contributed by atoms with Gasteiger partial charge in [-0.3, -0.25) is 14.9 Å². The van der Waals surface area contributed by atoms with Crippen molar-refractivity contribution in [3.05, 3.63) is 24.4 Å². The van der Waals surface area contributed by atoms with E-state index in [1.54, 1.807) is 6.20 Å². The Morgan fingerprint density at radius 2 is 2.36 bits per heavy atom. The number of aromatic nitrogens is 4. The molecule has 1 amide bonds. The number of piperidine rings is 1. The van der Waals surface area contributed by atoms with Crippen LogP contribution >= 0.6 is 11.8 Å². The molecule has 3 rings (SSSR count). The largest absolute Gasteiger partial charge is 0.339 e. The van der Waals surface area contributed by atoms with Crippen molar-refractivity contribution in [1.82, 2.24) is 25.1 Å². The number of H-pyrrole nitrogens is 1. The van der Waals surface area contributed by atoms with Gasteiger partial charge in [0.2, 0.25) is 11.1 Å². The Morgan fingerprint density at radius 1 is 1.45 bits per heavy atom. The number of nitrogens with zero attached hydrogens (tertiary/aromatic N) is 4. The summed E-state index contributed by atoms with van der Waals surface area (Å²) in [5.74, 6) is 1.17. The van der Waals surface area contributed by atoms with Gasteiger partial charge in [0.1, 0.15) is 5.69 Å². The number of amides is 1. The monoisotopic (exact) mass is 317 g/mol. The van der Waals surface area contributed by atoms with E-state index in [-0.39, 0.29) is 5.91 Å². The Kier molecular flexibility index (Phi) is 4.72. The first kappa shape index (κ1) is 15.0. The summed E-state index contributed by atoms with van der Waals surface area (Å²) < 4.78 is 0. The molecule has 1 aliphatic heterocycles. The summed E-state index contributed by atoms with van der Waals surface area (Å²) in [4.78, 5) is 22.9. The van der Waals surface area contributed by atoms with E-state index in [1.807, 2.05) is 23.1 Å². The lowest BCUT2D eigenvalue weighted by Crippen LogP contribution is -2.42. The maximum absolute atomic E-state index is 12.3. The number of thioether (sulfide) groups is 1. The highest BCUT2D eigenvalue weighted by atomic mass is 32.2. The minimum Gasteiger partial charge on any atom is -0.339 e. The summed E-state index contributed by atoms with van der Waals surface area (Å²) in [5.41, 5.74) is 0.748. The minimum absolute atomic E-state index is 0.168. The van der Waals surface area contributed by atoms with Gasteiger partial charge in [-0.2, -0.15) is 4.98 Å². The average molecular weight is 317 g/mol. The smallest absolute Gasteiger partial charge is 0.233 e. The molecular weight excluding hydrogens is 298 g/mol. The van der Waals surface area contributed by atoms with Crippen molar-refractivity contribution >= 4 is 17.7 Å². The number of hydrogen-bond acceptors (Lipinski definition) is 5. The molecule has 1 N–H and O–H groups in total. The number of likely N-dealkylation sites (tertiary alicyclic amines) is 1. The maximum atomic E-state index is 12.3. The Labute approximate surface area is 133 Å². The lowest BCUT2D eigenvalue weighted by Gasteiger charge is -2.33. The molecule has 6 nitrogen and oxygen atoms in total. The van der Waals surface area contributed by atoms with Crippen LogP contribution < -0.4 is 0 Å². The van der Waals surface area contributed by atoms with Gasteiger partial charge in [0.05, 0.1) is 5.75 Å². The Hall–Kier alpha value is -1.89. The molecule has 116 valence electrons. The number of carbonyl (C=O) groups excluding carboxylic acids is 1. The van der Waals surface area contributed by atoms with E-state index in [0.717, 1.165) is 25.1 Å². The first-order valence-corrected chi connectivity index (χ1v) is 8.48. The van der Waals surface area contributed by atoms with Crippen LogP contribution in [0.15, 0.2) is 29.6 Å². The number of pyridine rings is 1. The van der Waals surface area contributed by atoms with E-state index in [0.29, 0.717) is 22.8 Å². The van der Waals surface area contributed by atoms with Crippen LogP contribution in [0.25, 0.3) is 11.5 Å². The van der Waals surface area contributed by atoms with Crippen LogP contribution in [0.1, 0.15) is 26.2 Å². The van der Waals surface area contributed by atoms with E-state index in [2.05, 4.69) is 27.1 Å². The third kappa shape index (κ3) is 3.47. The first-order valence-electron chi connectivity index (χ1n) is 7.50. The Morgan fingerprint density at radius 3 is 3.14 bits per heavy atom. The van der Waals surface area contributed by atoms with Crippen molar-refractivity contribution < 1.29 is 4.79 Å². The van der Waals surface area contributed by atoms with Crippen molar-refractivity contribution in [3.63, 3.8) is 0 Å². The van der Waals surface area contributed by atoms with E-state index in [9.17, 15) is 4.79 Å². The van der Waals surface area contributed by atoms with Gasteiger partial charge in [-0.15, -0.1) is 5.10 Å². The van der Waals surface area contributed by atoms with Crippen LogP contribution in [0.4, 0.5) is 0 Å². The molecule has 2 aromatic heterocycles. The standard InChI is InChI=1S/C15H19N5OS/c1-11-6-3-5-9-20(11)13(21)10-22-15-17-14(18-19-15)12-7-2-4-8-16-12/h2,4,7-8,11H,3,5-6,9-10H2,1H3,(H,17,18,19). The third-order valence-corrected chi connectivity index (χ3v) is 4.65. The molecule has 1 atom stereocenters. The van der Waals surface area contributed by atoms with Gasteiger partial charge in [-0.05, 0) is 38.3 Å². The molecule has 1 fully saturated rings. The second-order valence-electron chi connectivity index (χ2n) is 5.40. The van der Waals surface area contributed by atoms with Gasteiger partial charge in [-0.1, -0.05) is 17.8 Å². The first-order chi connectivity index (χ1) is 10.7. The molecule has 0 aromatic carbocycles.